The Morgan fingerprint density at radius 2 is 1.94 bits per heavy atom. The zero-order chi connectivity index (χ0) is 12.1. The lowest BCUT2D eigenvalue weighted by Crippen LogP contribution is -1.92. The number of aryl methyl sites for hydroxylation is 1. The molecule has 0 saturated heterocycles. The highest BCUT2D eigenvalue weighted by atomic mass is 16.3. The predicted molar refractivity (Wildman–Crippen MR) is 70.5 cm³/mol. The van der Waals surface area contributed by atoms with Gasteiger partial charge in [0, 0.05) is 6.21 Å². The summed E-state index contributed by atoms with van der Waals surface area (Å²) in [5.41, 5.74) is 1.12. The summed E-state index contributed by atoms with van der Waals surface area (Å²) in [5.74, 6) is 1.88. The lowest BCUT2D eigenvalue weighted by atomic mass is 10.2. The van der Waals surface area contributed by atoms with Crippen molar-refractivity contribution >= 4 is 6.21 Å². The van der Waals surface area contributed by atoms with Crippen LogP contribution in [0.4, 0.5) is 0 Å². The maximum Gasteiger partial charge on any atom is 0.128 e. The lowest BCUT2D eigenvalue weighted by molar-refractivity contribution is 0.443. The molecule has 1 heterocycles. The maximum atomic E-state index is 5.61. The van der Waals surface area contributed by atoms with Crippen molar-refractivity contribution < 1.29 is 4.42 Å². The Hall–Kier alpha value is -1.83. The van der Waals surface area contributed by atoms with Crippen LogP contribution < -0.4 is 0 Å². The predicted octanol–water partition coefficient (Wildman–Crippen LogP) is 4.16. The van der Waals surface area contributed by atoms with Crippen LogP contribution in [0.2, 0.25) is 0 Å². The third kappa shape index (κ3) is 3.06. The van der Waals surface area contributed by atoms with Crippen molar-refractivity contribution in [1.82, 2.24) is 0 Å². The smallest absolute Gasteiger partial charge is 0.128 e. The Bertz CT molecular complexity index is 485. The van der Waals surface area contributed by atoms with Crippen molar-refractivity contribution in [2.45, 2.75) is 26.3 Å². The molecule has 2 nitrogen and oxygen atoms in total. The summed E-state index contributed by atoms with van der Waals surface area (Å²) < 4.78 is 5.61. The summed E-state index contributed by atoms with van der Waals surface area (Å²) in [6, 6.07) is 14.2. The van der Waals surface area contributed by atoms with Gasteiger partial charge in [-0.15, -0.1) is 0 Å². The molecule has 0 amide bonds. The average molecular weight is 227 g/mol. The summed E-state index contributed by atoms with van der Waals surface area (Å²) in [5, 5.41) is 0. The molecule has 1 aromatic carbocycles. The van der Waals surface area contributed by atoms with Crippen molar-refractivity contribution in [1.29, 1.82) is 0 Å². The third-order valence-corrected chi connectivity index (χ3v) is 2.68. The second-order valence-corrected chi connectivity index (χ2v) is 4.06. The molecular formula is C15H17NO. The van der Waals surface area contributed by atoms with Gasteiger partial charge >= 0.3 is 0 Å². The first kappa shape index (κ1) is 11.6. The van der Waals surface area contributed by atoms with E-state index in [2.05, 4.69) is 11.9 Å². The zero-order valence-corrected chi connectivity index (χ0v) is 10.3. The standard InChI is InChI=1S/C15H17NO/c1-3-14(15-10-9-12(2)17-15)16-11-13-7-5-4-6-8-13/h4-11,14H,3H2,1-2H3. The first-order valence-electron chi connectivity index (χ1n) is 5.94. The summed E-state index contributed by atoms with van der Waals surface area (Å²) in [4.78, 5) is 4.58. The molecule has 1 atom stereocenters. The van der Waals surface area contributed by atoms with Gasteiger partial charge in [0.2, 0.25) is 0 Å². The molecular weight excluding hydrogens is 210 g/mol. The van der Waals surface area contributed by atoms with E-state index in [1.807, 2.05) is 55.6 Å². The van der Waals surface area contributed by atoms with Gasteiger partial charge in [-0.05, 0) is 31.0 Å². The number of benzene rings is 1. The largest absolute Gasteiger partial charge is 0.464 e. The third-order valence-electron chi connectivity index (χ3n) is 2.68. The van der Waals surface area contributed by atoms with Crippen LogP contribution in [-0.2, 0) is 0 Å². The molecule has 2 aromatic rings. The van der Waals surface area contributed by atoms with Crippen molar-refractivity contribution in [2.75, 3.05) is 0 Å². The molecule has 0 aliphatic carbocycles. The van der Waals surface area contributed by atoms with Gasteiger partial charge < -0.3 is 4.42 Å². The topological polar surface area (TPSA) is 25.5 Å². The second-order valence-electron chi connectivity index (χ2n) is 4.06. The number of hydrogen-bond acceptors (Lipinski definition) is 2. The van der Waals surface area contributed by atoms with E-state index in [-0.39, 0.29) is 6.04 Å². The number of nitrogens with zero attached hydrogens (tertiary/aromatic N) is 1. The van der Waals surface area contributed by atoms with Crippen LogP contribution in [0.1, 0.15) is 36.5 Å². The Balaban J connectivity index is 2.13. The Kier molecular flexibility index (Phi) is 3.76. The minimum absolute atomic E-state index is 0.115. The molecule has 0 N–H and O–H groups in total. The van der Waals surface area contributed by atoms with E-state index in [4.69, 9.17) is 4.42 Å². The van der Waals surface area contributed by atoms with E-state index in [0.717, 1.165) is 23.5 Å². The normalized spacial score (nSPS) is 13.1. The molecule has 0 aliphatic rings. The monoisotopic (exact) mass is 227 g/mol. The van der Waals surface area contributed by atoms with Gasteiger partial charge in [0.15, 0.2) is 0 Å². The van der Waals surface area contributed by atoms with Crippen LogP contribution in [0.3, 0.4) is 0 Å². The molecule has 2 rings (SSSR count). The van der Waals surface area contributed by atoms with Crippen LogP contribution in [-0.4, -0.2) is 6.21 Å². The maximum absolute atomic E-state index is 5.61. The molecule has 0 bridgehead atoms. The van der Waals surface area contributed by atoms with Crippen molar-refractivity contribution in [3.05, 3.63) is 59.5 Å². The Labute approximate surface area is 102 Å². The molecule has 0 fully saturated rings. The minimum atomic E-state index is 0.115. The van der Waals surface area contributed by atoms with Crippen molar-refractivity contribution in [3.8, 4) is 0 Å². The van der Waals surface area contributed by atoms with Gasteiger partial charge in [0.25, 0.3) is 0 Å². The molecule has 0 aliphatic heterocycles. The molecule has 0 spiro atoms. The Morgan fingerprint density at radius 1 is 1.18 bits per heavy atom. The van der Waals surface area contributed by atoms with Gasteiger partial charge in [-0.1, -0.05) is 37.3 Å². The first-order chi connectivity index (χ1) is 8.29. The fourth-order valence-corrected chi connectivity index (χ4v) is 1.73. The highest BCUT2D eigenvalue weighted by molar-refractivity contribution is 5.79. The zero-order valence-electron chi connectivity index (χ0n) is 10.3. The molecule has 0 saturated carbocycles. The van der Waals surface area contributed by atoms with Crippen molar-refractivity contribution in [2.24, 2.45) is 4.99 Å². The molecule has 17 heavy (non-hydrogen) atoms. The van der Waals surface area contributed by atoms with E-state index >= 15 is 0 Å². The number of hydrogen-bond donors (Lipinski definition) is 0. The van der Waals surface area contributed by atoms with E-state index in [1.165, 1.54) is 0 Å². The van der Waals surface area contributed by atoms with E-state index in [1.54, 1.807) is 0 Å². The Morgan fingerprint density at radius 3 is 2.53 bits per heavy atom. The average Bonchev–Trinajstić information content (AvgIpc) is 2.78. The first-order valence-corrected chi connectivity index (χ1v) is 5.94. The summed E-state index contributed by atoms with van der Waals surface area (Å²) >= 11 is 0. The molecule has 1 unspecified atom stereocenters. The summed E-state index contributed by atoms with van der Waals surface area (Å²) in [7, 11) is 0. The van der Waals surface area contributed by atoms with Crippen LogP contribution in [0.25, 0.3) is 0 Å². The number of furan rings is 1. The minimum Gasteiger partial charge on any atom is -0.464 e. The highest BCUT2D eigenvalue weighted by Gasteiger charge is 2.10. The second kappa shape index (κ2) is 5.48. The fourth-order valence-electron chi connectivity index (χ4n) is 1.73. The van der Waals surface area contributed by atoms with Gasteiger partial charge in [0.1, 0.15) is 17.6 Å². The molecule has 0 radical (unpaired) electrons. The quantitative estimate of drug-likeness (QED) is 0.720. The summed E-state index contributed by atoms with van der Waals surface area (Å²) in [6.45, 7) is 4.07. The van der Waals surface area contributed by atoms with Crippen LogP contribution >= 0.6 is 0 Å². The number of aliphatic imine (C=N–C) groups is 1. The molecule has 88 valence electrons. The molecule has 2 heteroatoms. The van der Waals surface area contributed by atoms with Gasteiger partial charge in [-0.2, -0.15) is 0 Å². The van der Waals surface area contributed by atoms with Crippen LogP contribution in [0, 0.1) is 6.92 Å². The highest BCUT2D eigenvalue weighted by Crippen LogP contribution is 2.22. The molecule has 1 aromatic heterocycles. The van der Waals surface area contributed by atoms with Crippen LogP contribution in [0.15, 0.2) is 51.9 Å². The summed E-state index contributed by atoms with van der Waals surface area (Å²) in [6.07, 6.45) is 2.85. The van der Waals surface area contributed by atoms with Gasteiger partial charge in [-0.25, -0.2) is 0 Å². The van der Waals surface area contributed by atoms with Gasteiger partial charge in [0.05, 0.1) is 0 Å². The number of rotatable bonds is 4. The van der Waals surface area contributed by atoms with Crippen molar-refractivity contribution in [3.63, 3.8) is 0 Å². The fraction of sp³-hybridized carbons (Fsp3) is 0.267. The van der Waals surface area contributed by atoms with E-state index in [9.17, 15) is 0 Å². The lowest BCUT2D eigenvalue weighted by Gasteiger charge is -2.05. The van der Waals surface area contributed by atoms with Crippen LogP contribution in [0.5, 0.6) is 0 Å². The van der Waals surface area contributed by atoms with Gasteiger partial charge in [-0.3, -0.25) is 4.99 Å². The van der Waals surface area contributed by atoms with E-state index in [0.29, 0.717) is 0 Å². The SMILES string of the molecule is CCC(N=Cc1ccccc1)c1ccc(C)o1. The van der Waals surface area contributed by atoms with E-state index < -0.39 is 0 Å².